The van der Waals surface area contributed by atoms with Crippen molar-refractivity contribution in [3.8, 4) is 5.75 Å². The average molecular weight is 264 g/mol. The molecular weight excluding hydrogens is 240 g/mol. The molecule has 0 fully saturated rings. The van der Waals surface area contributed by atoms with Gasteiger partial charge in [0.1, 0.15) is 5.75 Å². The van der Waals surface area contributed by atoms with Crippen molar-refractivity contribution in [1.82, 2.24) is 10.6 Å². The normalized spacial score (nSPS) is 12.3. The molecule has 1 aromatic carbocycles. The predicted octanol–water partition coefficient (Wildman–Crippen LogP) is 2.26. The summed E-state index contributed by atoms with van der Waals surface area (Å²) in [6, 6.07) is 8.08. The average Bonchev–Trinajstić information content (AvgIpc) is 2.38. The van der Waals surface area contributed by atoms with E-state index in [1.54, 1.807) is 7.11 Å². The Morgan fingerprint density at radius 1 is 1.26 bits per heavy atom. The zero-order valence-corrected chi connectivity index (χ0v) is 12.2. The molecule has 2 N–H and O–H groups in total. The van der Waals surface area contributed by atoms with Gasteiger partial charge in [0, 0.05) is 24.6 Å². The lowest BCUT2D eigenvalue weighted by atomic mass is 10.1. The molecule has 0 aliphatic rings. The van der Waals surface area contributed by atoms with Crippen LogP contribution in [-0.2, 0) is 4.79 Å². The van der Waals surface area contributed by atoms with Crippen molar-refractivity contribution >= 4 is 5.91 Å². The molecule has 0 aliphatic carbocycles. The highest BCUT2D eigenvalue weighted by Gasteiger charge is 2.13. The van der Waals surface area contributed by atoms with Gasteiger partial charge in [0.15, 0.2) is 0 Å². The molecule has 1 atom stereocenters. The van der Waals surface area contributed by atoms with E-state index in [0.717, 1.165) is 11.3 Å². The first-order valence-electron chi connectivity index (χ1n) is 6.70. The van der Waals surface area contributed by atoms with Gasteiger partial charge in [0.2, 0.25) is 5.91 Å². The molecule has 0 unspecified atom stereocenters. The van der Waals surface area contributed by atoms with Gasteiger partial charge in [0.05, 0.1) is 13.2 Å². The predicted molar refractivity (Wildman–Crippen MR) is 77.3 cm³/mol. The Morgan fingerprint density at radius 2 is 1.95 bits per heavy atom. The van der Waals surface area contributed by atoms with Crippen LogP contribution in [0.5, 0.6) is 5.75 Å². The largest absolute Gasteiger partial charge is 0.496 e. The summed E-state index contributed by atoms with van der Waals surface area (Å²) in [7, 11) is 1.64. The van der Waals surface area contributed by atoms with Crippen LogP contribution >= 0.6 is 0 Å². The molecule has 0 saturated carbocycles. The van der Waals surface area contributed by atoms with Crippen molar-refractivity contribution in [2.75, 3.05) is 13.7 Å². The molecule has 0 heterocycles. The van der Waals surface area contributed by atoms with E-state index in [9.17, 15) is 4.79 Å². The minimum absolute atomic E-state index is 0.0477. The van der Waals surface area contributed by atoms with Gasteiger partial charge >= 0.3 is 0 Å². The minimum atomic E-state index is -0.0531. The highest BCUT2D eigenvalue weighted by Crippen LogP contribution is 2.24. The smallest absolute Gasteiger partial charge is 0.221 e. The third kappa shape index (κ3) is 5.30. The van der Waals surface area contributed by atoms with Gasteiger partial charge in [0.25, 0.3) is 0 Å². The maximum atomic E-state index is 11.8. The summed E-state index contributed by atoms with van der Waals surface area (Å²) in [5.74, 6) is 0.849. The molecule has 0 saturated heterocycles. The fourth-order valence-corrected chi connectivity index (χ4v) is 1.89. The summed E-state index contributed by atoms with van der Waals surface area (Å²) in [6.45, 7) is 6.79. The summed E-state index contributed by atoms with van der Waals surface area (Å²) >= 11 is 0. The number of rotatable bonds is 7. The molecule has 0 spiro atoms. The van der Waals surface area contributed by atoms with E-state index in [2.05, 4.69) is 24.5 Å². The van der Waals surface area contributed by atoms with Crippen LogP contribution in [0.25, 0.3) is 0 Å². The number of benzene rings is 1. The van der Waals surface area contributed by atoms with Gasteiger partial charge in [-0.05, 0) is 13.0 Å². The second-order valence-corrected chi connectivity index (χ2v) is 4.89. The van der Waals surface area contributed by atoms with Crippen LogP contribution in [0.3, 0.4) is 0 Å². The number of ether oxygens (including phenoxy) is 1. The second-order valence-electron chi connectivity index (χ2n) is 4.89. The molecule has 0 aromatic heterocycles. The molecular formula is C15H24N2O2. The molecule has 1 rings (SSSR count). The maximum absolute atomic E-state index is 11.8. The highest BCUT2D eigenvalue weighted by atomic mass is 16.5. The van der Waals surface area contributed by atoms with Crippen LogP contribution in [0.1, 0.15) is 38.8 Å². The first-order valence-corrected chi connectivity index (χ1v) is 6.70. The Labute approximate surface area is 115 Å². The number of nitrogens with one attached hydrogen (secondary N) is 2. The summed E-state index contributed by atoms with van der Waals surface area (Å²) in [6.07, 6.45) is 0.484. The number of methoxy groups -OCH3 is 1. The monoisotopic (exact) mass is 264 g/mol. The highest BCUT2D eigenvalue weighted by molar-refractivity contribution is 5.76. The fourth-order valence-electron chi connectivity index (χ4n) is 1.89. The number of carbonyl (C=O) groups excluding carboxylic acids is 1. The van der Waals surface area contributed by atoms with Gasteiger partial charge in [-0.3, -0.25) is 4.79 Å². The van der Waals surface area contributed by atoms with Crippen molar-refractivity contribution in [2.24, 2.45) is 0 Å². The van der Waals surface area contributed by atoms with Gasteiger partial charge in [-0.2, -0.15) is 0 Å². The zero-order valence-electron chi connectivity index (χ0n) is 12.2. The number of amides is 1. The van der Waals surface area contributed by atoms with E-state index >= 15 is 0 Å². The molecule has 4 nitrogen and oxygen atoms in total. The Morgan fingerprint density at radius 3 is 2.58 bits per heavy atom. The van der Waals surface area contributed by atoms with E-state index in [-0.39, 0.29) is 11.9 Å². The van der Waals surface area contributed by atoms with E-state index in [1.165, 1.54) is 0 Å². The molecule has 0 aliphatic heterocycles. The standard InChI is InChI=1S/C15H24N2O2/c1-11(2)16-10-9-15(18)17-12(3)13-7-5-6-8-14(13)19-4/h5-8,11-12,16H,9-10H2,1-4H3,(H,17,18)/t12-/m0/s1. The van der Waals surface area contributed by atoms with Crippen LogP contribution < -0.4 is 15.4 Å². The van der Waals surface area contributed by atoms with Crippen molar-refractivity contribution in [2.45, 2.75) is 39.3 Å². The molecule has 1 amide bonds. The maximum Gasteiger partial charge on any atom is 0.221 e. The van der Waals surface area contributed by atoms with Crippen LogP contribution in [0, 0.1) is 0 Å². The van der Waals surface area contributed by atoms with Crippen molar-refractivity contribution in [3.05, 3.63) is 29.8 Å². The van der Waals surface area contributed by atoms with Gasteiger partial charge < -0.3 is 15.4 Å². The van der Waals surface area contributed by atoms with E-state index in [0.29, 0.717) is 19.0 Å². The van der Waals surface area contributed by atoms with Gasteiger partial charge in [-0.15, -0.1) is 0 Å². The SMILES string of the molecule is COc1ccccc1[C@H](C)NC(=O)CCNC(C)C. The number of carbonyl (C=O) groups is 1. The van der Waals surface area contributed by atoms with Crippen LogP contribution in [0.4, 0.5) is 0 Å². The number of hydrogen-bond donors (Lipinski definition) is 2. The van der Waals surface area contributed by atoms with Crippen molar-refractivity contribution in [3.63, 3.8) is 0 Å². The number of para-hydroxylation sites is 1. The Bertz CT molecular complexity index is 405. The topological polar surface area (TPSA) is 50.4 Å². The Hall–Kier alpha value is -1.55. The molecule has 106 valence electrons. The summed E-state index contributed by atoms with van der Waals surface area (Å²) in [4.78, 5) is 11.8. The first-order chi connectivity index (χ1) is 9.04. The van der Waals surface area contributed by atoms with Crippen molar-refractivity contribution in [1.29, 1.82) is 0 Å². The molecule has 1 aromatic rings. The van der Waals surface area contributed by atoms with Gasteiger partial charge in [-0.1, -0.05) is 32.0 Å². The zero-order chi connectivity index (χ0) is 14.3. The van der Waals surface area contributed by atoms with Crippen molar-refractivity contribution < 1.29 is 9.53 Å². The minimum Gasteiger partial charge on any atom is -0.496 e. The Balaban J connectivity index is 2.49. The molecule has 19 heavy (non-hydrogen) atoms. The molecule has 4 heteroatoms. The lowest BCUT2D eigenvalue weighted by Crippen LogP contribution is -2.32. The second kappa shape index (κ2) is 7.79. The third-order valence-electron chi connectivity index (χ3n) is 2.89. The van der Waals surface area contributed by atoms with Crippen LogP contribution in [0.15, 0.2) is 24.3 Å². The number of hydrogen-bond acceptors (Lipinski definition) is 3. The fraction of sp³-hybridized carbons (Fsp3) is 0.533. The van der Waals surface area contributed by atoms with E-state index in [4.69, 9.17) is 4.74 Å². The van der Waals surface area contributed by atoms with Crippen LogP contribution in [0.2, 0.25) is 0 Å². The third-order valence-corrected chi connectivity index (χ3v) is 2.89. The summed E-state index contributed by atoms with van der Waals surface area (Å²) in [5, 5.41) is 6.21. The van der Waals surface area contributed by atoms with E-state index in [1.807, 2.05) is 31.2 Å². The lowest BCUT2D eigenvalue weighted by molar-refractivity contribution is -0.121. The first kappa shape index (κ1) is 15.5. The lowest BCUT2D eigenvalue weighted by Gasteiger charge is -2.17. The summed E-state index contributed by atoms with van der Waals surface area (Å²) in [5.41, 5.74) is 0.996. The Kier molecular flexibility index (Phi) is 6.36. The van der Waals surface area contributed by atoms with Gasteiger partial charge in [-0.25, -0.2) is 0 Å². The van der Waals surface area contributed by atoms with Crippen LogP contribution in [-0.4, -0.2) is 25.6 Å². The summed E-state index contributed by atoms with van der Waals surface area (Å²) < 4.78 is 5.30. The van der Waals surface area contributed by atoms with E-state index < -0.39 is 0 Å². The quantitative estimate of drug-likeness (QED) is 0.794. The molecule has 0 bridgehead atoms. The molecule has 0 radical (unpaired) electrons.